The van der Waals surface area contributed by atoms with Crippen molar-refractivity contribution in [2.75, 3.05) is 35.2 Å². The van der Waals surface area contributed by atoms with Gasteiger partial charge in [-0.3, -0.25) is 4.21 Å². The van der Waals surface area contributed by atoms with Crippen LogP contribution in [0.5, 0.6) is 0 Å². The van der Waals surface area contributed by atoms with Crippen molar-refractivity contribution in [2.24, 2.45) is 0 Å². The Hall–Kier alpha value is -1.17. The SMILES string of the molecule is CC(C)c1c(N)ncnc1N1CCS(=O)CC1. The first kappa shape index (κ1) is 12.3. The minimum Gasteiger partial charge on any atom is -0.383 e. The molecule has 1 aliphatic rings. The lowest BCUT2D eigenvalue weighted by molar-refractivity contribution is 0.671. The molecule has 2 heterocycles. The van der Waals surface area contributed by atoms with Gasteiger partial charge in [-0.05, 0) is 5.92 Å². The number of nitrogen functional groups attached to an aromatic ring is 1. The molecular weight excluding hydrogens is 236 g/mol. The fraction of sp³-hybridized carbons (Fsp3) is 0.636. The topological polar surface area (TPSA) is 72.1 Å². The zero-order valence-corrected chi connectivity index (χ0v) is 11.0. The molecule has 17 heavy (non-hydrogen) atoms. The van der Waals surface area contributed by atoms with E-state index in [1.165, 1.54) is 6.33 Å². The predicted octanol–water partition coefficient (Wildman–Crippen LogP) is 0.751. The van der Waals surface area contributed by atoms with Crippen LogP contribution in [0.25, 0.3) is 0 Å². The molecule has 0 atom stereocenters. The largest absolute Gasteiger partial charge is 0.383 e. The molecule has 0 aliphatic carbocycles. The summed E-state index contributed by atoms with van der Waals surface area (Å²) in [5.74, 6) is 3.17. The number of anilines is 2. The zero-order chi connectivity index (χ0) is 12.4. The van der Waals surface area contributed by atoms with Crippen LogP contribution in [0.2, 0.25) is 0 Å². The van der Waals surface area contributed by atoms with Crippen LogP contribution in [0.1, 0.15) is 25.3 Å². The second-order valence-corrected chi connectivity index (χ2v) is 6.18. The minimum absolute atomic E-state index is 0.290. The zero-order valence-electron chi connectivity index (χ0n) is 10.2. The first-order chi connectivity index (χ1) is 8.09. The van der Waals surface area contributed by atoms with E-state index in [1.807, 2.05) is 0 Å². The summed E-state index contributed by atoms with van der Waals surface area (Å²) in [4.78, 5) is 10.6. The van der Waals surface area contributed by atoms with Crippen LogP contribution in [-0.4, -0.2) is 38.8 Å². The molecule has 5 nitrogen and oxygen atoms in total. The van der Waals surface area contributed by atoms with Crippen molar-refractivity contribution in [3.05, 3.63) is 11.9 Å². The quantitative estimate of drug-likeness (QED) is 0.843. The standard InChI is InChI=1S/C11H18N4OS/c1-8(2)9-10(12)13-7-14-11(9)15-3-5-17(16)6-4-15/h7-8H,3-6H2,1-2H3,(H2,12,13,14). The van der Waals surface area contributed by atoms with Crippen LogP contribution < -0.4 is 10.6 Å². The van der Waals surface area contributed by atoms with Gasteiger partial charge >= 0.3 is 0 Å². The van der Waals surface area contributed by atoms with Gasteiger partial charge in [-0.1, -0.05) is 13.8 Å². The van der Waals surface area contributed by atoms with E-state index in [4.69, 9.17) is 5.73 Å². The second-order valence-electron chi connectivity index (χ2n) is 4.49. The normalized spacial score (nSPS) is 17.7. The molecule has 1 aromatic heterocycles. The predicted molar refractivity (Wildman–Crippen MR) is 70.6 cm³/mol. The summed E-state index contributed by atoms with van der Waals surface area (Å²) in [6, 6.07) is 0. The summed E-state index contributed by atoms with van der Waals surface area (Å²) in [5, 5.41) is 0. The van der Waals surface area contributed by atoms with Crippen molar-refractivity contribution in [1.29, 1.82) is 0 Å². The summed E-state index contributed by atoms with van der Waals surface area (Å²) >= 11 is 0. The Kier molecular flexibility index (Phi) is 3.61. The van der Waals surface area contributed by atoms with Crippen LogP contribution in [0, 0.1) is 0 Å². The van der Waals surface area contributed by atoms with Crippen LogP contribution in [-0.2, 0) is 10.8 Å². The van der Waals surface area contributed by atoms with E-state index in [9.17, 15) is 4.21 Å². The lowest BCUT2D eigenvalue weighted by Crippen LogP contribution is -2.39. The summed E-state index contributed by atoms with van der Waals surface area (Å²) in [6.45, 7) is 5.73. The maximum atomic E-state index is 11.4. The molecule has 0 radical (unpaired) electrons. The molecule has 0 aromatic carbocycles. The minimum atomic E-state index is -0.674. The Morgan fingerprint density at radius 3 is 2.59 bits per heavy atom. The Morgan fingerprint density at radius 1 is 1.35 bits per heavy atom. The Morgan fingerprint density at radius 2 is 2.00 bits per heavy atom. The van der Waals surface area contributed by atoms with Crippen LogP contribution >= 0.6 is 0 Å². The van der Waals surface area contributed by atoms with E-state index in [-0.39, 0.29) is 0 Å². The monoisotopic (exact) mass is 254 g/mol. The smallest absolute Gasteiger partial charge is 0.137 e. The van der Waals surface area contributed by atoms with Gasteiger partial charge < -0.3 is 10.6 Å². The van der Waals surface area contributed by atoms with Crippen molar-refractivity contribution in [3.8, 4) is 0 Å². The number of nitrogens with zero attached hydrogens (tertiary/aromatic N) is 3. The highest BCUT2D eigenvalue weighted by Crippen LogP contribution is 2.29. The molecule has 0 saturated carbocycles. The Balaban J connectivity index is 2.31. The van der Waals surface area contributed by atoms with Crippen molar-refractivity contribution in [1.82, 2.24) is 9.97 Å². The van der Waals surface area contributed by atoms with E-state index in [0.29, 0.717) is 23.2 Å². The lowest BCUT2D eigenvalue weighted by Gasteiger charge is -2.30. The molecular formula is C11H18N4OS. The average Bonchev–Trinajstić information content (AvgIpc) is 2.29. The summed E-state index contributed by atoms with van der Waals surface area (Å²) in [7, 11) is -0.674. The van der Waals surface area contributed by atoms with Crippen LogP contribution in [0.4, 0.5) is 11.6 Å². The van der Waals surface area contributed by atoms with Gasteiger partial charge in [0, 0.05) is 41.0 Å². The molecule has 1 aliphatic heterocycles. The highest BCUT2D eigenvalue weighted by atomic mass is 32.2. The fourth-order valence-electron chi connectivity index (χ4n) is 2.06. The summed E-state index contributed by atoms with van der Waals surface area (Å²) in [6.07, 6.45) is 1.50. The van der Waals surface area contributed by atoms with Gasteiger partial charge in [0.25, 0.3) is 0 Å². The molecule has 6 heteroatoms. The van der Waals surface area contributed by atoms with Crippen molar-refractivity contribution < 1.29 is 4.21 Å². The van der Waals surface area contributed by atoms with Gasteiger partial charge in [-0.15, -0.1) is 0 Å². The van der Waals surface area contributed by atoms with Gasteiger partial charge in [0.05, 0.1) is 0 Å². The fourth-order valence-corrected chi connectivity index (χ4v) is 3.11. The maximum Gasteiger partial charge on any atom is 0.137 e. The van der Waals surface area contributed by atoms with Crippen LogP contribution in [0.15, 0.2) is 6.33 Å². The molecule has 1 aromatic rings. The number of hydrogen-bond donors (Lipinski definition) is 1. The average molecular weight is 254 g/mol. The molecule has 2 N–H and O–H groups in total. The Labute approximate surface area is 104 Å². The molecule has 1 saturated heterocycles. The number of nitrogens with two attached hydrogens (primary N) is 1. The van der Waals surface area contributed by atoms with Crippen LogP contribution in [0.3, 0.4) is 0 Å². The van der Waals surface area contributed by atoms with Crippen molar-refractivity contribution in [2.45, 2.75) is 19.8 Å². The number of hydrogen-bond acceptors (Lipinski definition) is 5. The third kappa shape index (κ3) is 2.57. The maximum absolute atomic E-state index is 11.4. The molecule has 0 amide bonds. The number of aromatic nitrogens is 2. The van der Waals surface area contributed by atoms with Crippen molar-refractivity contribution in [3.63, 3.8) is 0 Å². The van der Waals surface area contributed by atoms with E-state index >= 15 is 0 Å². The van der Waals surface area contributed by atoms with Gasteiger partial charge in [-0.25, -0.2) is 9.97 Å². The molecule has 0 unspecified atom stereocenters. The molecule has 1 fully saturated rings. The third-order valence-electron chi connectivity index (χ3n) is 2.95. The highest BCUT2D eigenvalue weighted by molar-refractivity contribution is 7.85. The Bertz CT molecular complexity index is 425. The first-order valence-electron chi connectivity index (χ1n) is 5.80. The second kappa shape index (κ2) is 5.00. The lowest BCUT2D eigenvalue weighted by atomic mass is 10.0. The van der Waals surface area contributed by atoms with E-state index in [2.05, 4.69) is 28.7 Å². The van der Waals surface area contributed by atoms with Gasteiger partial charge in [0.1, 0.15) is 18.0 Å². The van der Waals surface area contributed by atoms with Gasteiger partial charge in [-0.2, -0.15) is 0 Å². The molecule has 0 spiro atoms. The van der Waals surface area contributed by atoms with E-state index in [1.54, 1.807) is 0 Å². The van der Waals surface area contributed by atoms with Gasteiger partial charge in [0.2, 0.25) is 0 Å². The summed E-state index contributed by atoms with van der Waals surface area (Å²) < 4.78 is 11.4. The summed E-state index contributed by atoms with van der Waals surface area (Å²) in [5.41, 5.74) is 6.92. The van der Waals surface area contributed by atoms with E-state index in [0.717, 1.165) is 24.5 Å². The molecule has 0 bridgehead atoms. The number of rotatable bonds is 2. The first-order valence-corrected chi connectivity index (χ1v) is 7.28. The molecule has 2 rings (SSSR count). The highest BCUT2D eigenvalue weighted by Gasteiger charge is 2.22. The molecule has 94 valence electrons. The third-order valence-corrected chi connectivity index (χ3v) is 4.22. The van der Waals surface area contributed by atoms with Crippen molar-refractivity contribution >= 4 is 22.4 Å². The van der Waals surface area contributed by atoms with Gasteiger partial charge in [0.15, 0.2) is 0 Å². The van der Waals surface area contributed by atoms with E-state index < -0.39 is 10.8 Å².